The minimum atomic E-state index is -1.40. The average Bonchev–Trinajstić information content (AvgIpc) is 3.23. The molecule has 1 aliphatic heterocycles. The zero-order valence-electron chi connectivity index (χ0n) is 19.9. The number of rotatable bonds is 8. The summed E-state index contributed by atoms with van der Waals surface area (Å²) in [6.07, 6.45) is -5.09. The van der Waals surface area contributed by atoms with Gasteiger partial charge < -0.3 is 23.7 Å². The molecule has 1 aliphatic rings. The average molecular weight is 504 g/mol. The lowest BCUT2D eigenvalue weighted by molar-refractivity contribution is -0.187. The van der Waals surface area contributed by atoms with Crippen molar-refractivity contribution in [1.29, 1.82) is 0 Å². The summed E-state index contributed by atoms with van der Waals surface area (Å²) < 4.78 is 27.7. The summed E-state index contributed by atoms with van der Waals surface area (Å²) in [6, 6.07) is 24.6. The molecule has 1 saturated heterocycles. The number of carbonyl (C=O) groups excluding carboxylic acids is 4. The van der Waals surface area contributed by atoms with E-state index in [9.17, 15) is 19.2 Å². The van der Waals surface area contributed by atoms with Gasteiger partial charge in [-0.25, -0.2) is 14.4 Å². The first-order valence-electron chi connectivity index (χ1n) is 11.5. The van der Waals surface area contributed by atoms with Gasteiger partial charge >= 0.3 is 23.9 Å². The van der Waals surface area contributed by atoms with Crippen LogP contribution < -0.4 is 0 Å². The fraction of sp³-hybridized carbons (Fsp3) is 0.214. The van der Waals surface area contributed by atoms with Gasteiger partial charge in [-0.1, -0.05) is 54.6 Å². The molecule has 0 saturated carbocycles. The molecule has 0 spiro atoms. The zero-order chi connectivity index (χ0) is 26.2. The topological polar surface area (TPSA) is 114 Å². The molecule has 9 nitrogen and oxygen atoms in total. The standard InChI is InChI=1S/C28H24O9/c1-18(29)34-28-24(37-27(32)21-15-9-4-10-16-21)23(36-26(31)20-13-7-3-8-14-20)22(35-28)17-33-25(30)19-11-5-2-6-12-19/h2-16,22-24,28H,17H2,1H3/t22-,23-,24?,28+/m1/s1. The van der Waals surface area contributed by atoms with Crippen LogP contribution in [0.25, 0.3) is 0 Å². The SMILES string of the molecule is CC(=O)O[C@H]1O[C@H](COC(=O)c2ccccc2)[C@@H](OC(=O)c2ccccc2)C1OC(=O)c1ccccc1. The number of benzene rings is 3. The molecule has 0 bridgehead atoms. The second kappa shape index (κ2) is 12.0. The smallest absolute Gasteiger partial charge is 0.338 e. The van der Waals surface area contributed by atoms with Crippen molar-refractivity contribution in [1.82, 2.24) is 0 Å². The summed E-state index contributed by atoms with van der Waals surface area (Å²) in [5.74, 6) is -2.81. The number of ether oxygens (including phenoxy) is 5. The van der Waals surface area contributed by atoms with E-state index in [1.807, 2.05) is 0 Å². The van der Waals surface area contributed by atoms with Gasteiger partial charge in [-0.2, -0.15) is 0 Å². The van der Waals surface area contributed by atoms with Crippen LogP contribution in [0.2, 0.25) is 0 Å². The Balaban J connectivity index is 1.58. The number of hydrogen-bond acceptors (Lipinski definition) is 9. The molecule has 4 atom stereocenters. The molecule has 3 aromatic carbocycles. The molecule has 0 aliphatic carbocycles. The lowest BCUT2D eigenvalue weighted by atomic mass is 10.1. The van der Waals surface area contributed by atoms with Crippen LogP contribution in [0.1, 0.15) is 38.0 Å². The van der Waals surface area contributed by atoms with E-state index >= 15 is 0 Å². The van der Waals surface area contributed by atoms with E-state index in [1.165, 1.54) is 0 Å². The van der Waals surface area contributed by atoms with Crippen LogP contribution in [0.15, 0.2) is 91.0 Å². The maximum atomic E-state index is 12.9. The van der Waals surface area contributed by atoms with E-state index in [1.54, 1.807) is 91.0 Å². The third-order valence-corrected chi connectivity index (χ3v) is 5.44. The first kappa shape index (κ1) is 25.6. The van der Waals surface area contributed by atoms with Gasteiger partial charge in [0.25, 0.3) is 0 Å². The highest BCUT2D eigenvalue weighted by Crippen LogP contribution is 2.30. The number of carbonyl (C=O) groups is 4. The van der Waals surface area contributed by atoms with E-state index in [2.05, 4.69) is 0 Å². The van der Waals surface area contributed by atoms with Crippen LogP contribution in [-0.2, 0) is 28.5 Å². The maximum absolute atomic E-state index is 12.9. The normalized spacial score (nSPS) is 20.5. The molecule has 1 heterocycles. The molecule has 0 aromatic heterocycles. The molecular formula is C28H24O9. The minimum Gasteiger partial charge on any atom is -0.459 e. The fourth-order valence-corrected chi connectivity index (χ4v) is 3.70. The van der Waals surface area contributed by atoms with Crippen molar-refractivity contribution in [3.63, 3.8) is 0 Å². The molecule has 1 fully saturated rings. The first-order chi connectivity index (χ1) is 17.9. The third kappa shape index (κ3) is 6.59. The molecule has 0 radical (unpaired) electrons. The van der Waals surface area contributed by atoms with Crippen molar-refractivity contribution < 1.29 is 42.9 Å². The molecule has 4 rings (SSSR count). The summed E-state index contributed by atoms with van der Waals surface area (Å²) in [6.45, 7) is 0.796. The lowest BCUT2D eigenvalue weighted by Crippen LogP contribution is -2.42. The van der Waals surface area contributed by atoms with Crippen LogP contribution >= 0.6 is 0 Å². The second-order valence-corrected chi connectivity index (χ2v) is 8.09. The lowest BCUT2D eigenvalue weighted by Gasteiger charge is -2.24. The molecule has 190 valence electrons. The molecule has 37 heavy (non-hydrogen) atoms. The van der Waals surface area contributed by atoms with Gasteiger partial charge in [-0.05, 0) is 36.4 Å². The Morgan fingerprint density at radius 1 is 0.622 bits per heavy atom. The van der Waals surface area contributed by atoms with Gasteiger partial charge in [-0.3, -0.25) is 4.79 Å². The van der Waals surface area contributed by atoms with Gasteiger partial charge in [0, 0.05) is 6.92 Å². The second-order valence-electron chi connectivity index (χ2n) is 8.09. The third-order valence-electron chi connectivity index (χ3n) is 5.44. The van der Waals surface area contributed by atoms with Crippen LogP contribution in [0.3, 0.4) is 0 Å². The number of hydrogen-bond donors (Lipinski definition) is 0. The highest BCUT2D eigenvalue weighted by molar-refractivity contribution is 5.91. The van der Waals surface area contributed by atoms with Crippen molar-refractivity contribution in [3.05, 3.63) is 108 Å². The van der Waals surface area contributed by atoms with Gasteiger partial charge in [0.2, 0.25) is 12.4 Å². The predicted molar refractivity (Wildman–Crippen MR) is 128 cm³/mol. The highest BCUT2D eigenvalue weighted by atomic mass is 16.8. The Labute approximate surface area is 212 Å². The molecule has 0 N–H and O–H groups in total. The van der Waals surface area contributed by atoms with Gasteiger partial charge in [0.1, 0.15) is 12.7 Å². The van der Waals surface area contributed by atoms with E-state index in [0.717, 1.165) is 6.92 Å². The monoisotopic (exact) mass is 504 g/mol. The Morgan fingerprint density at radius 2 is 1.05 bits per heavy atom. The van der Waals surface area contributed by atoms with Crippen molar-refractivity contribution in [2.75, 3.05) is 6.61 Å². The minimum absolute atomic E-state index is 0.233. The van der Waals surface area contributed by atoms with Crippen LogP contribution in [0.4, 0.5) is 0 Å². The van der Waals surface area contributed by atoms with E-state index in [0.29, 0.717) is 5.56 Å². The summed E-state index contributed by atoms with van der Waals surface area (Å²) in [5, 5.41) is 0. The van der Waals surface area contributed by atoms with Crippen molar-refractivity contribution in [2.45, 2.75) is 31.5 Å². The quantitative estimate of drug-likeness (QED) is 0.335. The van der Waals surface area contributed by atoms with Crippen molar-refractivity contribution >= 4 is 23.9 Å². The summed E-state index contributed by atoms with van der Waals surface area (Å²) in [5.41, 5.74) is 0.782. The maximum Gasteiger partial charge on any atom is 0.338 e. The van der Waals surface area contributed by atoms with Crippen molar-refractivity contribution in [3.8, 4) is 0 Å². The molecule has 9 heteroatoms. The summed E-state index contributed by atoms with van der Waals surface area (Å²) in [7, 11) is 0. The van der Waals surface area contributed by atoms with E-state index in [4.69, 9.17) is 23.7 Å². The fourth-order valence-electron chi connectivity index (χ4n) is 3.70. The first-order valence-corrected chi connectivity index (χ1v) is 11.5. The van der Waals surface area contributed by atoms with Crippen LogP contribution in [0.5, 0.6) is 0 Å². The zero-order valence-corrected chi connectivity index (χ0v) is 19.9. The largest absolute Gasteiger partial charge is 0.459 e. The Kier molecular flexibility index (Phi) is 8.27. The van der Waals surface area contributed by atoms with Crippen molar-refractivity contribution in [2.24, 2.45) is 0 Å². The van der Waals surface area contributed by atoms with Gasteiger partial charge in [-0.15, -0.1) is 0 Å². The molecular weight excluding hydrogens is 480 g/mol. The van der Waals surface area contributed by atoms with Crippen LogP contribution in [-0.4, -0.2) is 55.1 Å². The summed E-state index contributed by atoms with van der Waals surface area (Å²) >= 11 is 0. The van der Waals surface area contributed by atoms with E-state index in [-0.39, 0.29) is 17.7 Å². The van der Waals surface area contributed by atoms with E-state index < -0.39 is 48.5 Å². The predicted octanol–water partition coefficient (Wildman–Crippen LogP) is 3.58. The molecule has 1 unspecified atom stereocenters. The highest BCUT2D eigenvalue weighted by Gasteiger charge is 2.52. The number of esters is 4. The van der Waals surface area contributed by atoms with Gasteiger partial charge in [0.05, 0.1) is 16.7 Å². The Morgan fingerprint density at radius 3 is 1.51 bits per heavy atom. The summed E-state index contributed by atoms with van der Waals surface area (Å²) in [4.78, 5) is 50.0. The molecule has 0 amide bonds. The Hall–Kier alpha value is -4.50. The Bertz CT molecular complexity index is 1230. The van der Waals surface area contributed by atoms with Gasteiger partial charge in [0.15, 0.2) is 6.10 Å². The molecule has 3 aromatic rings. The van der Waals surface area contributed by atoms with Crippen LogP contribution in [0, 0.1) is 0 Å².